The number of rotatable bonds is 21. The molecule has 0 amide bonds. The van der Waals surface area contributed by atoms with Crippen molar-refractivity contribution in [3.05, 3.63) is 167 Å². The Morgan fingerprint density at radius 3 is 1.56 bits per heavy atom. The second kappa shape index (κ2) is 22.0. The van der Waals surface area contributed by atoms with Crippen molar-refractivity contribution in [2.75, 3.05) is 45.4 Å². The molecule has 334 valence electrons. The summed E-state index contributed by atoms with van der Waals surface area (Å²) in [5.41, 5.74) is 2.83. The summed E-state index contributed by atoms with van der Waals surface area (Å²) in [5.74, 6) is -1.17. The molecule has 6 aromatic rings. The highest BCUT2D eigenvalue weighted by Gasteiger charge is 2.27. The van der Waals surface area contributed by atoms with Crippen molar-refractivity contribution in [1.82, 2.24) is 18.6 Å². The van der Waals surface area contributed by atoms with Crippen molar-refractivity contribution in [2.24, 2.45) is 0 Å². The van der Waals surface area contributed by atoms with Gasteiger partial charge in [0.25, 0.3) is 0 Å². The van der Waals surface area contributed by atoms with E-state index in [-0.39, 0.29) is 54.1 Å². The van der Waals surface area contributed by atoms with Crippen molar-refractivity contribution >= 4 is 60.9 Å². The zero-order chi connectivity index (χ0) is 45.7. The van der Waals surface area contributed by atoms with E-state index in [2.05, 4.69) is 9.97 Å². The van der Waals surface area contributed by atoms with Crippen molar-refractivity contribution in [3.63, 3.8) is 0 Å². The molecule has 2 heterocycles. The lowest BCUT2D eigenvalue weighted by atomic mass is 10.2. The highest BCUT2D eigenvalue weighted by atomic mass is 35.5. The first-order chi connectivity index (χ1) is 30.6. The molecule has 0 saturated heterocycles. The van der Waals surface area contributed by atoms with Gasteiger partial charge in [0, 0.05) is 80.8 Å². The Balaban J connectivity index is 1.03. The van der Waals surface area contributed by atoms with Crippen LogP contribution in [0.15, 0.2) is 150 Å². The number of benzene rings is 4. The number of aromatic nitrogens is 2. The summed E-state index contributed by atoms with van der Waals surface area (Å²) >= 11 is 12.2. The minimum Gasteiger partial charge on any atom is -0.492 e. The molecule has 0 aliphatic carbocycles. The fourth-order valence-electron chi connectivity index (χ4n) is 6.13. The lowest BCUT2D eigenvalue weighted by Crippen LogP contribution is -2.34. The molecular formula is C45H43Cl2N5O10S2. The monoisotopic (exact) mass is 947 g/mol. The largest absolute Gasteiger partial charge is 0.492 e. The van der Waals surface area contributed by atoms with Gasteiger partial charge in [0.05, 0.1) is 0 Å². The van der Waals surface area contributed by atoms with Gasteiger partial charge in [-0.2, -0.15) is 8.61 Å². The summed E-state index contributed by atoms with van der Waals surface area (Å²) < 4.78 is 79.4. The third-order valence-corrected chi connectivity index (χ3v) is 13.3. The van der Waals surface area contributed by atoms with Gasteiger partial charge in [-0.15, -0.1) is 0 Å². The Bertz CT molecular complexity index is 2730. The fraction of sp³-hybridized carbons (Fsp3) is 0.200. The molecule has 0 unspecified atom stereocenters. The van der Waals surface area contributed by atoms with Gasteiger partial charge in [0.1, 0.15) is 33.6 Å². The number of hydrogen-bond acceptors (Lipinski definition) is 13. The summed E-state index contributed by atoms with van der Waals surface area (Å²) in [7, 11) is -4.20. The van der Waals surface area contributed by atoms with Gasteiger partial charge < -0.3 is 23.8 Å². The van der Waals surface area contributed by atoms with Gasteiger partial charge in [0.2, 0.25) is 20.0 Å². The number of sulfonamides is 2. The molecule has 0 bridgehead atoms. The van der Waals surface area contributed by atoms with Gasteiger partial charge in [-0.25, -0.2) is 26.4 Å². The summed E-state index contributed by atoms with van der Waals surface area (Å²) in [6.45, 7) is -1.43. The molecule has 0 aliphatic rings. The van der Waals surface area contributed by atoms with Crippen LogP contribution in [0, 0.1) is 0 Å². The number of esters is 2. The zero-order valence-electron chi connectivity index (χ0n) is 34.6. The quantitative estimate of drug-likeness (QED) is 0.0532. The highest BCUT2D eigenvalue weighted by Crippen LogP contribution is 2.26. The first-order valence-corrected chi connectivity index (χ1v) is 23.1. The summed E-state index contributed by atoms with van der Waals surface area (Å²) in [4.78, 5) is 35.2. The average molecular weight is 949 g/mol. The third-order valence-electron chi connectivity index (χ3n) is 9.26. The molecule has 64 heavy (non-hydrogen) atoms. The summed E-state index contributed by atoms with van der Waals surface area (Å²) in [5, 5.41) is 0.721. The van der Waals surface area contributed by atoms with Crippen LogP contribution < -0.4 is 19.1 Å². The molecule has 0 saturated carbocycles. The van der Waals surface area contributed by atoms with Crippen LogP contribution in [-0.4, -0.2) is 87.8 Å². The maximum atomic E-state index is 13.8. The Morgan fingerprint density at radius 2 is 1.06 bits per heavy atom. The molecule has 6 rings (SSSR count). The molecule has 0 radical (unpaired) electrons. The molecule has 0 spiro atoms. The van der Waals surface area contributed by atoms with Crippen LogP contribution >= 0.6 is 23.2 Å². The second-order valence-corrected chi connectivity index (χ2v) is 19.0. The molecule has 2 aromatic heterocycles. The number of nitrogens with zero attached hydrogens (tertiary/aromatic N) is 5. The number of ether oxygens (including phenoxy) is 4. The van der Waals surface area contributed by atoms with E-state index in [1.54, 1.807) is 72.8 Å². The van der Waals surface area contributed by atoms with Crippen LogP contribution in [0.1, 0.15) is 16.7 Å². The van der Waals surface area contributed by atoms with Crippen LogP contribution in [-0.2, 0) is 54.0 Å². The molecular weight excluding hydrogens is 906 g/mol. The van der Waals surface area contributed by atoms with E-state index >= 15 is 0 Å². The number of hydrogen-bond donors (Lipinski definition) is 0. The van der Waals surface area contributed by atoms with Gasteiger partial charge in [0.15, 0.2) is 13.2 Å². The molecule has 0 aliphatic heterocycles. The van der Waals surface area contributed by atoms with E-state index in [4.69, 9.17) is 42.1 Å². The lowest BCUT2D eigenvalue weighted by molar-refractivity contribution is -0.162. The van der Waals surface area contributed by atoms with Crippen molar-refractivity contribution < 1.29 is 45.4 Å². The van der Waals surface area contributed by atoms with Crippen molar-refractivity contribution in [2.45, 2.75) is 29.4 Å². The molecule has 4 aromatic carbocycles. The van der Waals surface area contributed by atoms with E-state index < -0.39 is 45.2 Å². The number of anilines is 1. The molecule has 0 atom stereocenters. The van der Waals surface area contributed by atoms with E-state index in [1.165, 1.54) is 51.6 Å². The SMILES string of the molecule is CN(C)c1ccc(CN(Cc2cccc(OCC(=O)OC(=O)COc3cccc(CN(CCOc4cc(Cl)cc(Cl)c4)S(=O)(=O)c4cccnc4)c3)c2)S(=O)(=O)c2cccnc2)cc1. The van der Waals surface area contributed by atoms with E-state index in [0.29, 0.717) is 26.9 Å². The van der Waals surface area contributed by atoms with Crippen LogP contribution in [0.5, 0.6) is 17.2 Å². The predicted octanol–water partition coefficient (Wildman–Crippen LogP) is 7.04. The van der Waals surface area contributed by atoms with E-state index in [1.807, 2.05) is 43.3 Å². The third kappa shape index (κ3) is 13.5. The standard InChI is InChI=1S/C45H43Cl2N5O10S2/c1-50(2)38-15-13-33(14-16-38)28-52(64(57,58)43-12-6-18-49-27-43)30-35-8-4-10-40(22-35)61-32-45(54)62-44(53)31-60-39-9-3-7-34(21-39)29-51(63(55,56)42-11-5-17-48-26-42)19-20-59-41-24-36(46)23-37(47)25-41/h3-18,21-27H,19-20,28-32H2,1-2H3. The Kier molecular flexibility index (Phi) is 16.3. The maximum Gasteiger partial charge on any atom is 0.351 e. The van der Waals surface area contributed by atoms with Crippen LogP contribution in [0.25, 0.3) is 0 Å². The smallest absolute Gasteiger partial charge is 0.351 e. The van der Waals surface area contributed by atoms with Crippen LogP contribution in [0.4, 0.5) is 5.69 Å². The highest BCUT2D eigenvalue weighted by molar-refractivity contribution is 7.89. The van der Waals surface area contributed by atoms with Crippen molar-refractivity contribution in [3.8, 4) is 17.2 Å². The first kappa shape index (κ1) is 47.4. The summed E-state index contributed by atoms with van der Waals surface area (Å²) in [6, 6.07) is 31.2. The lowest BCUT2D eigenvalue weighted by Gasteiger charge is -2.23. The minimum atomic E-state index is -4.04. The van der Waals surface area contributed by atoms with E-state index in [0.717, 1.165) is 11.3 Å². The summed E-state index contributed by atoms with van der Waals surface area (Å²) in [6.07, 6.45) is 5.50. The van der Waals surface area contributed by atoms with Crippen molar-refractivity contribution in [1.29, 1.82) is 0 Å². The average Bonchev–Trinajstić information content (AvgIpc) is 3.28. The minimum absolute atomic E-state index is 0.0194. The van der Waals surface area contributed by atoms with Gasteiger partial charge in [-0.3, -0.25) is 9.97 Å². The topological polar surface area (TPSA) is 175 Å². The number of pyridine rings is 2. The number of carbonyl (C=O) groups excluding carboxylic acids is 2. The normalized spacial score (nSPS) is 11.6. The second-order valence-electron chi connectivity index (χ2n) is 14.2. The fourth-order valence-corrected chi connectivity index (χ4v) is 9.40. The molecule has 0 N–H and O–H groups in total. The first-order valence-electron chi connectivity index (χ1n) is 19.5. The van der Waals surface area contributed by atoms with Crippen LogP contribution in [0.2, 0.25) is 10.0 Å². The molecule has 15 nitrogen and oxygen atoms in total. The number of carbonyl (C=O) groups is 2. The van der Waals surface area contributed by atoms with Crippen LogP contribution in [0.3, 0.4) is 0 Å². The van der Waals surface area contributed by atoms with Gasteiger partial charge >= 0.3 is 11.9 Å². The zero-order valence-corrected chi connectivity index (χ0v) is 37.8. The predicted molar refractivity (Wildman–Crippen MR) is 240 cm³/mol. The van der Waals surface area contributed by atoms with Gasteiger partial charge in [-0.1, -0.05) is 59.6 Å². The molecule has 19 heteroatoms. The molecule has 0 fully saturated rings. The Labute approximate surface area is 381 Å². The van der Waals surface area contributed by atoms with E-state index in [9.17, 15) is 26.4 Å². The maximum absolute atomic E-state index is 13.8. The Hall–Kier alpha value is -6.08. The Morgan fingerprint density at radius 1 is 0.562 bits per heavy atom. The number of halogens is 2. The van der Waals surface area contributed by atoms with Gasteiger partial charge in [-0.05, 0) is 95.6 Å².